The predicted octanol–water partition coefficient (Wildman–Crippen LogP) is 3.64. The smallest absolute Gasteiger partial charge is 0.251 e. The Morgan fingerprint density at radius 3 is 2.43 bits per heavy atom. The number of sulfonamides is 1. The van der Waals surface area contributed by atoms with E-state index in [9.17, 15) is 13.2 Å². The maximum Gasteiger partial charge on any atom is 0.251 e. The fraction of sp³-hybridized carbons (Fsp3) is 0.360. The van der Waals surface area contributed by atoms with Crippen LogP contribution in [0, 0.1) is 6.92 Å². The van der Waals surface area contributed by atoms with Gasteiger partial charge in [0.15, 0.2) is 0 Å². The van der Waals surface area contributed by atoms with E-state index in [0.717, 1.165) is 39.3 Å². The number of rotatable bonds is 10. The first-order valence-electron chi connectivity index (χ1n) is 11.4. The van der Waals surface area contributed by atoms with Crippen molar-refractivity contribution < 1.29 is 17.9 Å². The molecule has 3 rings (SSSR count). The maximum absolute atomic E-state index is 13.1. The Morgan fingerprint density at radius 2 is 1.86 bits per heavy atom. The molecule has 188 valence electrons. The van der Waals surface area contributed by atoms with E-state index in [1.165, 1.54) is 26.2 Å². The largest absolute Gasteiger partial charge is 0.497 e. The van der Waals surface area contributed by atoms with Crippen LogP contribution in [0.3, 0.4) is 0 Å². The van der Waals surface area contributed by atoms with Gasteiger partial charge in [0.1, 0.15) is 11.6 Å². The quantitative estimate of drug-likeness (QED) is 0.392. The molecule has 2 aromatic carbocycles. The van der Waals surface area contributed by atoms with E-state index in [0.29, 0.717) is 12.2 Å². The fourth-order valence-corrected chi connectivity index (χ4v) is 4.51. The number of carbonyl (C=O) groups is 1. The summed E-state index contributed by atoms with van der Waals surface area (Å²) < 4.78 is 32.1. The monoisotopic (exact) mass is 499 g/mol. The van der Waals surface area contributed by atoms with Crippen molar-refractivity contribution in [3.63, 3.8) is 0 Å². The third kappa shape index (κ3) is 6.20. The van der Waals surface area contributed by atoms with Crippen LogP contribution in [-0.2, 0) is 23.0 Å². The lowest BCUT2D eigenvalue weighted by Gasteiger charge is -2.17. The Morgan fingerprint density at radius 1 is 1.17 bits per heavy atom. The molecule has 3 N–H and O–H groups in total. The summed E-state index contributed by atoms with van der Waals surface area (Å²) in [4.78, 5) is 20.9. The summed E-state index contributed by atoms with van der Waals surface area (Å²) in [6.07, 6.45) is 0.786. The molecule has 0 unspecified atom stereocenters. The van der Waals surface area contributed by atoms with Gasteiger partial charge in [0, 0.05) is 37.5 Å². The molecule has 0 bridgehead atoms. The van der Waals surface area contributed by atoms with Crippen molar-refractivity contribution >= 4 is 21.6 Å². The van der Waals surface area contributed by atoms with Crippen molar-refractivity contribution in [2.45, 2.75) is 44.7 Å². The van der Waals surface area contributed by atoms with Gasteiger partial charge in [-0.25, -0.2) is 17.7 Å². The highest BCUT2D eigenvalue weighted by molar-refractivity contribution is 7.89. The summed E-state index contributed by atoms with van der Waals surface area (Å²) in [5, 5.41) is 6.17. The average molecular weight is 500 g/mol. The number of nitrogens with zero attached hydrogens (tertiary/aromatic N) is 2. The normalized spacial score (nSPS) is 12.4. The first kappa shape index (κ1) is 26.2. The molecule has 1 aromatic heterocycles. The molecule has 3 aromatic rings. The van der Waals surface area contributed by atoms with Crippen LogP contribution in [0.5, 0.6) is 5.75 Å². The number of aryl methyl sites for hydroxylation is 2. The zero-order chi connectivity index (χ0) is 25.8. The van der Waals surface area contributed by atoms with Gasteiger partial charge >= 0.3 is 0 Å². The van der Waals surface area contributed by atoms with E-state index in [2.05, 4.69) is 20.6 Å². The number of benzene rings is 2. The number of methoxy groups -OCH3 is 1. The molecule has 0 fully saturated rings. The van der Waals surface area contributed by atoms with Gasteiger partial charge in [0.05, 0.1) is 30.3 Å². The Bertz CT molecular complexity index is 1280. The SMILES string of the molecule is CCc1nc(CNc2cc(C(=O)N[C@H](C)c3ccc(OC)cc3)cc(S(=O)(=O)N(C)C)c2)c(C)[nH]1. The van der Waals surface area contributed by atoms with Crippen molar-refractivity contribution in [3.05, 3.63) is 70.8 Å². The highest BCUT2D eigenvalue weighted by Gasteiger charge is 2.21. The lowest BCUT2D eigenvalue weighted by Crippen LogP contribution is -2.27. The van der Waals surface area contributed by atoms with E-state index in [4.69, 9.17) is 4.74 Å². The molecule has 0 aliphatic rings. The lowest BCUT2D eigenvalue weighted by atomic mass is 10.1. The predicted molar refractivity (Wildman–Crippen MR) is 136 cm³/mol. The van der Waals surface area contributed by atoms with Crippen molar-refractivity contribution in [1.82, 2.24) is 19.6 Å². The molecule has 0 saturated heterocycles. The average Bonchev–Trinajstić information content (AvgIpc) is 3.21. The van der Waals surface area contributed by atoms with Crippen LogP contribution in [0.4, 0.5) is 5.69 Å². The molecule has 0 spiro atoms. The van der Waals surface area contributed by atoms with E-state index in [1.807, 2.05) is 45.0 Å². The molecular formula is C25H33N5O4S. The van der Waals surface area contributed by atoms with Crippen LogP contribution >= 0.6 is 0 Å². The van der Waals surface area contributed by atoms with Crippen LogP contribution in [0.1, 0.15) is 53.0 Å². The number of aromatic nitrogens is 2. The topological polar surface area (TPSA) is 116 Å². The first-order chi connectivity index (χ1) is 16.5. The standard InChI is InChI=1S/C25H33N5O4S/c1-7-24-27-17(3)23(29-24)15-26-20-12-19(13-22(14-20)35(32,33)30(4)5)25(31)28-16(2)18-8-10-21(34-6)11-9-18/h8-14,16,26H,7,15H2,1-6H3,(H,27,29)(H,28,31)/t16-/m1/s1. The van der Waals surface area contributed by atoms with Gasteiger partial charge < -0.3 is 20.4 Å². The van der Waals surface area contributed by atoms with Gasteiger partial charge in [-0.05, 0) is 49.7 Å². The van der Waals surface area contributed by atoms with Crippen molar-refractivity contribution in [1.29, 1.82) is 0 Å². The number of H-pyrrole nitrogens is 1. The van der Waals surface area contributed by atoms with Gasteiger partial charge in [-0.1, -0.05) is 19.1 Å². The molecule has 0 aliphatic carbocycles. The minimum atomic E-state index is -3.76. The lowest BCUT2D eigenvalue weighted by molar-refractivity contribution is 0.0939. The summed E-state index contributed by atoms with van der Waals surface area (Å²) in [7, 11) is 0.754. The Kier molecular flexibility index (Phi) is 8.18. The molecule has 35 heavy (non-hydrogen) atoms. The first-order valence-corrected chi connectivity index (χ1v) is 12.8. The fourth-order valence-electron chi connectivity index (χ4n) is 3.54. The number of carbonyl (C=O) groups excluding carboxylic acids is 1. The molecule has 1 atom stereocenters. The number of hydrogen-bond acceptors (Lipinski definition) is 6. The number of imidazole rings is 1. The minimum absolute atomic E-state index is 0.0303. The summed E-state index contributed by atoms with van der Waals surface area (Å²) in [5.74, 6) is 1.23. The molecular weight excluding hydrogens is 466 g/mol. The number of ether oxygens (including phenoxy) is 1. The summed E-state index contributed by atoms with van der Waals surface area (Å²) in [6.45, 7) is 6.21. The molecule has 9 nitrogen and oxygen atoms in total. The third-order valence-corrected chi connectivity index (χ3v) is 7.53. The molecule has 0 radical (unpaired) electrons. The highest BCUT2D eigenvalue weighted by atomic mass is 32.2. The molecule has 1 amide bonds. The van der Waals surface area contributed by atoms with Crippen molar-refractivity contribution in [3.8, 4) is 5.75 Å². The van der Waals surface area contributed by atoms with Gasteiger partial charge in [-0.3, -0.25) is 4.79 Å². The number of nitrogens with one attached hydrogen (secondary N) is 3. The van der Waals surface area contributed by atoms with Crippen LogP contribution in [0.15, 0.2) is 47.4 Å². The van der Waals surface area contributed by atoms with Crippen molar-refractivity contribution in [2.75, 3.05) is 26.5 Å². The van der Waals surface area contributed by atoms with Gasteiger partial charge in [0.2, 0.25) is 10.0 Å². The number of aromatic amines is 1. The van der Waals surface area contributed by atoms with Crippen LogP contribution < -0.4 is 15.4 Å². The van der Waals surface area contributed by atoms with Crippen LogP contribution in [0.2, 0.25) is 0 Å². The highest BCUT2D eigenvalue weighted by Crippen LogP contribution is 2.23. The van der Waals surface area contributed by atoms with Gasteiger partial charge in [-0.15, -0.1) is 0 Å². The third-order valence-electron chi connectivity index (χ3n) is 5.74. The molecule has 1 heterocycles. The molecule has 0 saturated carbocycles. The number of hydrogen-bond donors (Lipinski definition) is 3. The van der Waals surface area contributed by atoms with Gasteiger partial charge in [-0.2, -0.15) is 0 Å². The summed E-state index contributed by atoms with van der Waals surface area (Å²) >= 11 is 0. The van der Waals surface area contributed by atoms with E-state index >= 15 is 0 Å². The Balaban J connectivity index is 1.88. The number of amides is 1. The zero-order valence-electron chi connectivity index (χ0n) is 21.0. The molecule has 10 heteroatoms. The van der Waals surface area contributed by atoms with Crippen molar-refractivity contribution in [2.24, 2.45) is 0 Å². The molecule has 0 aliphatic heterocycles. The second-order valence-corrected chi connectivity index (χ2v) is 10.6. The van der Waals surface area contributed by atoms with E-state index < -0.39 is 10.0 Å². The summed E-state index contributed by atoms with van der Waals surface area (Å²) in [6, 6.07) is 11.7. The van der Waals surface area contributed by atoms with E-state index in [1.54, 1.807) is 13.2 Å². The van der Waals surface area contributed by atoms with Crippen LogP contribution in [0.25, 0.3) is 0 Å². The van der Waals surface area contributed by atoms with Crippen LogP contribution in [-0.4, -0.2) is 49.8 Å². The maximum atomic E-state index is 13.1. The zero-order valence-corrected chi connectivity index (χ0v) is 21.8. The second kappa shape index (κ2) is 10.9. The minimum Gasteiger partial charge on any atom is -0.497 e. The Labute approximate surface area is 207 Å². The van der Waals surface area contributed by atoms with E-state index in [-0.39, 0.29) is 22.4 Å². The number of anilines is 1. The summed E-state index contributed by atoms with van der Waals surface area (Å²) in [5.41, 5.74) is 3.43. The Hall–Kier alpha value is -3.37. The second-order valence-electron chi connectivity index (χ2n) is 8.46. The van der Waals surface area contributed by atoms with Gasteiger partial charge in [0.25, 0.3) is 5.91 Å².